The zero-order valence-corrected chi connectivity index (χ0v) is 13.1. The highest BCUT2D eigenvalue weighted by Gasteiger charge is 2.19. The minimum atomic E-state index is 0.158. The first-order chi connectivity index (χ1) is 9.15. The first-order valence-electron chi connectivity index (χ1n) is 6.89. The van der Waals surface area contributed by atoms with Crippen molar-refractivity contribution in [3.05, 3.63) is 15.9 Å². The van der Waals surface area contributed by atoms with Gasteiger partial charge in [-0.15, -0.1) is 0 Å². The van der Waals surface area contributed by atoms with Crippen molar-refractivity contribution in [3.8, 4) is 0 Å². The largest absolute Gasteiger partial charge is 0.355 e. The lowest BCUT2D eigenvalue weighted by atomic mass is 10.1. The lowest BCUT2D eigenvalue weighted by Gasteiger charge is -2.23. The van der Waals surface area contributed by atoms with Crippen molar-refractivity contribution in [3.63, 3.8) is 0 Å². The van der Waals surface area contributed by atoms with Gasteiger partial charge in [0.05, 0.1) is 15.9 Å². The van der Waals surface area contributed by atoms with Crippen LogP contribution in [0.4, 0.5) is 0 Å². The number of rotatable bonds is 5. The molecule has 19 heavy (non-hydrogen) atoms. The van der Waals surface area contributed by atoms with E-state index in [-0.39, 0.29) is 5.91 Å². The predicted octanol–water partition coefficient (Wildman–Crippen LogP) is 1.60. The molecule has 1 unspecified atom stereocenters. The fraction of sp³-hybridized carbons (Fsp3) is 0.692. The summed E-state index contributed by atoms with van der Waals surface area (Å²) in [5.41, 5.74) is 2.30. The molecule has 1 amide bonds. The Balaban J connectivity index is 1.98. The van der Waals surface area contributed by atoms with Crippen molar-refractivity contribution in [2.75, 3.05) is 6.54 Å². The van der Waals surface area contributed by atoms with Crippen molar-refractivity contribution >= 4 is 21.8 Å². The summed E-state index contributed by atoms with van der Waals surface area (Å²) in [7, 11) is 0. The Morgan fingerprint density at radius 3 is 2.89 bits per heavy atom. The molecular formula is C13H21BrN4O. The Hall–Kier alpha value is -0.880. The highest BCUT2D eigenvalue weighted by atomic mass is 79.9. The van der Waals surface area contributed by atoms with Gasteiger partial charge >= 0.3 is 0 Å². The third kappa shape index (κ3) is 3.36. The van der Waals surface area contributed by atoms with Crippen molar-refractivity contribution in [1.29, 1.82) is 0 Å². The molecule has 1 fully saturated rings. The first kappa shape index (κ1) is 14.5. The third-order valence-corrected chi connectivity index (χ3v) is 4.43. The van der Waals surface area contributed by atoms with Crippen molar-refractivity contribution in [2.24, 2.45) is 0 Å². The molecule has 106 valence electrons. The van der Waals surface area contributed by atoms with Gasteiger partial charge in [-0.1, -0.05) is 6.92 Å². The maximum Gasteiger partial charge on any atom is 0.220 e. The molecule has 0 aromatic carbocycles. The number of nitrogens with zero attached hydrogens (tertiary/aromatic N) is 2. The zero-order valence-electron chi connectivity index (χ0n) is 11.5. The lowest BCUT2D eigenvalue weighted by molar-refractivity contribution is -0.122. The highest BCUT2D eigenvalue weighted by molar-refractivity contribution is 9.10. The molecule has 1 saturated heterocycles. The Kier molecular flexibility index (Phi) is 4.99. The SMILES string of the molecule is CCc1nn(CC)c(CNC2CCC(=O)NC2)c1Br. The molecule has 1 aromatic rings. The number of halogens is 1. The highest BCUT2D eigenvalue weighted by Crippen LogP contribution is 2.22. The lowest BCUT2D eigenvalue weighted by Crippen LogP contribution is -2.45. The maximum absolute atomic E-state index is 11.1. The molecular weight excluding hydrogens is 308 g/mol. The quantitative estimate of drug-likeness (QED) is 0.863. The number of aryl methyl sites for hydroxylation is 2. The minimum Gasteiger partial charge on any atom is -0.355 e. The molecule has 1 aromatic heterocycles. The van der Waals surface area contributed by atoms with Gasteiger partial charge in [0.15, 0.2) is 0 Å². The van der Waals surface area contributed by atoms with Crippen molar-refractivity contribution in [2.45, 2.75) is 52.2 Å². The van der Waals surface area contributed by atoms with E-state index in [1.807, 2.05) is 4.68 Å². The number of amides is 1. The molecule has 2 rings (SSSR count). The summed E-state index contributed by atoms with van der Waals surface area (Å²) in [4.78, 5) is 11.1. The summed E-state index contributed by atoms with van der Waals surface area (Å²) in [6.45, 7) is 6.58. The first-order valence-corrected chi connectivity index (χ1v) is 7.69. The molecule has 0 saturated carbocycles. The molecule has 0 radical (unpaired) electrons. The number of carbonyl (C=O) groups is 1. The molecule has 0 bridgehead atoms. The van der Waals surface area contributed by atoms with Gasteiger partial charge in [-0.2, -0.15) is 5.10 Å². The Morgan fingerprint density at radius 2 is 2.32 bits per heavy atom. The van der Waals surface area contributed by atoms with Crippen LogP contribution in [-0.4, -0.2) is 28.3 Å². The van der Waals surface area contributed by atoms with Crippen LogP contribution in [0.5, 0.6) is 0 Å². The average molecular weight is 329 g/mol. The molecule has 1 atom stereocenters. The summed E-state index contributed by atoms with van der Waals surface area (Å²) in [5, 5.41) is 11.0. The Labute approximate surface area is 122 Å². The van der Waals surface area contributed by atoms with Crippen LogP contribution in [0.15, 0.2) is 4.47 Å². The second-order valence-electron chi connectivity index (χ2n) is 4.80. The summed E-state index contributed by atoms with van der Waals surface area (Å²) < 4.78 is 3.15. The number of nitrogens with one attached hydrogen (secondary N) is 2. The molecule has 6 heteroatoms. The number of carbonyl (C=O) groups excluding carboxylic acids is 1. The topological polar surface area (TPSA) is 59.0 Å². The van der Waals surface area contributed by atoms with Gasteiger partial charge in [-0.05, 0) is 35.7 Å². The van der Waals surface area contributed by atoms with E-state index in [1.54, 1.807) is 0 Å². The van der Waals surface area contributed by atoms with Crippen LogP contribution in [0, 0.1) is 0 Å². The number of aromatic nitrogens is 2. The van der Waals surface area contributed by atoms with Gasteiger partial charge in [0.25, 0.3) is 0 Å². The van der Waals surface area contributed by atoms with Crippen LogP contribution >= 0.6 is 15.9 Å². The van der Waals surface area contributed by atoms with Gasteiger partial charge in [0.1, 0.15) is 0 Å². The monoisotopic (exact) mass is 328 g/mol. The van der Waals surface area contributed by atoms with Crippen LogP contribution in [0.1, 0.15) is 38.1 Å². The molecule has 1 aliphatic heterocycles. The predicted molar refractivity (Wildman–Crippen MR) is 77.9 cm³/mol. The standard InChI is InChI=1S/C13H21BrN4O/c1-3-10-13(14)11(18(4-2)17-10)8-15-9-5-6-12(19)16-7-9/h9,15H,3-8H2,1-2H3,(H,16,19). The number of piperidine rings is 1. The molecule has 5 nitrogen and oxygen atoms in total. The summed E-state index contributed by atoms with van der Waals surface area (Å²) >= 11 is 3.64. The zero-order chi connectivity index (χ0) is 13.8. The van der Waals surface area contributed by atoms with E-state index in [0.29, 0.717) is 12.5 Å². The van der Waals surface area contributed by atoms with E-state index < -0.39 is 0 Å². The number of hydrogen-bond donors (Lipinski definition) is 2. The molecule has 1 aliphatic rings. The fourth-order valence-electron chi connectivity index (χ4n) is 2.33. The molecule has 0 spiro atoms. The van der Waals surface area contributed by atoms with Crippen LogP contribution in [-0.2, 0) is 24.3 Å². The van der Waals surface area contributed by atoms with E-state index in [0.717, 1.165) is 42.6 Å². The van der Waals surface area contributed by atoms with Gasteiger partial charge in [-0.3, -0.25) is 9.48 Å². The van der Waals surface area contributed by atoms with Gasteiger partial charge < -0.3 is 10.6 Å². The van der Waals surface area contributed by atoms with Gasteiger partial charge in [0, 0.05) is 32.1 Å². The van der Waals surface area contributed by atoms with Crippen LogP contribution < -0.4 is 10.6 Å². The second kappa shape index (κ2) is 6.52. The van der Waals surface area contributed by atoms with E-state index in [9.17, 15) is 4.79 Å². The van der Waals surface area contributed by atoms with E-state index >= 15 is 0 Å². The van der Waals surface area contributed by atoms with Crippen molar-refractivity contribution < 1.29 is 4.79 Å². The minimum absolute atomic E-state index is 0.158. The fourth-order valence-corrected chi connectivity index (χ4v) is 3.04. The smallest absolute Gasteiger partial charge is 0.220 e. The van der Waals surface area contributed by atoms with E-state index in [2.05, 4.69) is 45.5 Å². The van der Waals surface area contributed by atoms with Gasteiger partial charge in [-0.25, -0.2) is 0 Å². The maximum atomic E-state index is 11.1. The third-order valence-electron chi connectivity index (χ3n) is 3.52. The van der Waals surface area contributed by atoms with E-state index in [4.69, 9.17) is 0 Å². The summed E-state index contributed by atoms with van der Waals surface area (Å²) in [5.74, 6) is 0.158. The van der Waals surface area contributed by atoms with Crippen LogP contribution in [0.2, 0.25) is 0 Å². The second-order valence-corrected chi connectivity index (χ2v) is 5.59. The summed E-state index contributed by atoms with van der Waals surface area (Å²) in [6, 6.07) is 0.356. The average Bonchev–Trinajstić information content (AvgIpc) is 2.74. The normalized spacial score (nSPS) is 19.5. The van der Waals surface area contributed by atoms with Crippen LogP contribution in [0.3, 0.4) is 0 Å². The molecule has 2 heterocycles. The Morgan fingerprint density at radius 1 is 1.53 bits per heavy atom. The van der Waals surface area contributed by atoms with Crippen molar-refractivity contribution in [1.82, 2.24) is 20.4 Å². The summed E-state index contributed by atoms with van der Waals surface area (Å²) in [6.07, 6.45) is 2.45. The Bertz CT molecular complexity index is 448. The molecule has 2 N–H and O–H groups in total. The van der Waals surface area contributed by atoms with E-state index in [1.165, 1.54) is 5.69 Å². The molecule has 0 aliphatic carbocycles. The van der Waals surface area contributed by atoms with Gasteiger partial charge in [0.2, 0.25) is 5.91 Å². The number of hydrogen-bond acceptors (Lipinski definition) is 3. The van der Waals surface area contributed by atoms with Crippen LogP contribution in [0.25, 0.3) is 0 Å².